The summed E-state index contributed by atoms with van der Waals surface area (Å²) in [5.74, 6) is -0.335. The highest BCUT2D eigenvalue weighted by atomic mass is 32.2. The van der Waals surface area contributed by atoms with Crippen molar-refractivity contribution < 1.29 is 17.9 Å². The van der Waals surface area contributed by atoms with Gasteiger partial charge in [-0.25, -0.2) is 8.42 Å². The van der Waals surface area contributed by atoms with Gasteiger partial charge in [-0.15, -0.1) is 0 Å². The molecule has 1 amide bonds. The third-order valence-electron chi connectivity index (χ3n) is 4.54. The molecule has 1 aliphatic carbocycles. The molecule has 2 atom stereocenters. The van der Waals surface area contributed by atoms with Gasteiger partial charge in [0.15, 0.2) is 0 Å². The van der Waals surface area contributed by atoms with Crippen molar-refractivity contribution in [1.82, 2.24) is 9.62 Å². The van der Waals surface area contributed by atoms with Crippen LogP contribution in [0.3, 0.4) is 0 Å². The largest absolute Gasteiger partial charge is 0.378 e. The fraction of sp³-hybridized carbons (Fsp3) is 0.562. The summed E-state index contributed by atoms with van der Waals surface area (Å²) in [6.07, 6.45) is 2.31. The van der Waals surface area contributed by atoms with Crippen molar-refractivity contribution in [2.24, 2.45) is 5.92 Å². The van der Waals surface area contributed by atoms with Crippen LogP contribution in [0, 0.1) is 5.92 Å². The number of rotatable bonds is 2. The van der Waals surface area contributed by atoms with Crippen LogP contribution in [-0.2, 0) is 19.6 Å². The monoisotopic (exact) mass is 338 g/mol. The molecular weight excluding hydrogens is 316 g/mol. The quantitative estimate of drug-likeness (QED) is 0.873. The van der Waals surface area contributed by atoms with Crippen molar-refractivity contribution in [1.29, 1.82) is 0 Å². The van der Waals surface area contributed by atoms with E-state index in [9.17, 15) is 13.2 Å². The predicted molar refractivity (Wildman–Crippen MR) is 85.3 cm³/mol. The minimum absolute atomic E-state index is 0.0636. The number of sulfonamides is 1. The molecule has 1 saturated heterocycles. The Kier molecular flexibility index (Phi) is 4.99. The lowest BCUT2D eigenvalue weighted by molar-refractivity contribution is -0.126. The number of ether oxygens (including phenoxy) is 1. The Bertz CT molecular complexity index is 647. The minimum atomic E-state index is -3.63. The number of fused-ring (bicyclic) bond motifs is 1. The lowest BCUT2D eigenvalue weighted by atomic mass is 10.0. The molecule has 1 aromatic rings. The van der Waals surface area contributed by atoms with Crippen LogP contribution < -0.4 is 5.32 Å². The zero-order chi connectivity index (χ0) is 16.3. The molecule has 1 aromatic carbocycles. The smallest absolute Gasteiger partial charge is 0.243 e. The van der Waals surface area contributed by atoms with Gasteiger partial charge in [-0.1, -0.05) is 24.6 Å². The van der Waals surface area contributed by atoms with Gasteiger partial charge in [-0.2, -0.15) is 4.31 Å². The van der Waals surface area contributed by atoms with Gasteiger partial charge in [0, 0.05) is 19.1 Å². The van der Waals surface area contributed by atoms with E-state index in [4.69, 9.17) is 4.74 Å². The van der Waals surface area contributed by atoms with Crippen LogP contribution in [0.5, 0.6) is 0 Å². The fourth-order valence-electron chi connectivity index (χ4n) is 3.42. The molecule has 7 heteroatoms. The van der Waals surface area contributed by atoms with Gasteiger partial charge < -0.3 is 10.1 Å². The zero-order valence-corrected chi connectivity index (χ0v) is 13.8. The fourth-order valence-corrected chi connectivity index (χ4v) is 5.11. The average molecular weight is 338 g/mol. The predicted octanol–water partition coefficient (Wildman–Crippen LogP) is 0.992. The van der Waals surface area contributed by atoms with E-state index in [2.05, 4.69) is 5.32 Å². The number of benzene rings is 1. The second-order valence-corrected chi connectivity index (χ2v) is 7.83. The molecule has 1 N–H and O–H groups in total. The van der Waals surface area contributed by atoms with Crippen LogP contribution >= 0.6 is 0 Å². The maximum atomic E-state index is 13.0. The molecule has 126 valence electrons. The standard InChI is InChI=1S/C16H22N2O4S/c19-16-14-7-4-8-15(14)18(10-12-22-11-9-17-16)23(20,21)13-5-2-1-3-6-13/h1-3,5-6,14-15H,4,7-12H2,(H,17,19)/t14-,15+/m1/s1. The van der Waals surface area contributed by atoms with Crippen LogP contribution in [0.1, 0.15) is 19.3 Å². The van der Waals surface area contributed by atoms with Crippen molar-refractivity contribution >= 4 is 15.9 Å². The molecule has 1 aliphatic heterocycles. The molecule has 2 fully saturated rings. The molecule has 0 spiro atoms. The molecule has 0 aromatic heterocycles. The number of carbonyl (C=O) groups excluding carboxylic acids is 1. The SMILES string of the molecule is O=C1NCCOCCN(S(=O)(=O)c2ccccc2)[C@H]2CCC[C@@H]12. The first-order chi connectivity index (χ1) is 11.1. The molecule has 0 radical (unpaired) electrons. The number of amides is 1. The van der Waals surface area contributed by atoms with Crippen molar-refractivity contribution in [2.75, 3.05) is 26.3 Å². The van der Waals surface area contributed by atoms with E-state index in [0.29, 0.717) is 26.2 Å². The third kappa shape index (κ3) is 3.41. The van der Waals surface area contributed by atoms with E-state index in [-0.39, 0.29) is 29.3 Å². The first-order valence-electron chi connectivity index (χ1n) is 8.03. The summed E-state index contributed by atoms with van der Waals surface area (Å²) < 4.78 is 33.0. The first-order valence-corrected chi connectivity index (χ1v) is 9.47. The maximum absolute atomic E-state index is 13.0. The zero-order valence-electron chi connectivity index (χ0n) is 13.0. The van der Waals surface area contributed by atoms with Crippen molar-refractivity contribution in [3.63, 3.8) is 0 Å². The van der Waals surface area contributed by atoms with Gasteiger partial charge in [0.25, 0.3) is 0 Å². The lowest BCUT2D eigenvalue weighted by Crippen LogP contribution is -2.49. The first kappa shape index (κ1) is 16.4. The van der Waals surface area contributed by atoms with Crippen LogP contribution in [0.15, 0.2) is 35.2 Å². The number of carbonyl (C=O) groups is 1. The number of nitrogens with zero attached hydrogens (tertiary/aromatic N) is 1. The molecule has 6 nitrogen and oxygen atoms in total. The van der Waals surface area contributed by atoms with Gasteiger partial charge in [0.05, 0.1) is 24.0 Å². The minimum Gasteiger partial charge on any atom is -0.378 e. The molecular formula is C16H22N2O4S. The van der Waals surface area contributed by atoms with E-state index in [1.165, 1.54) is 4.31 Å². The van der Waals surface area contributed by atoms with E-state index in [1.54, 1.807) is 30.3 Å². The van der Waals surface area contributed by atoms with Crippen LogP contribution in [0.25, 0.3) is 0 Å². The van der Waals surface area contributed by atoms with Crippen molar-refractivity contribution in [3.8, 4) is 0 Å². The van der Waals surface area contributed by atoms with Crippen molar-refractivity contribution in [2.45, 2.75) is 30.2 Å². The van der Waals surface area contributed by atoms with E-state index in [0.717, 1.165) is 12.8 Å². The molecule has 3 rings (SSSR count). The Labute approximate surface area is 136 Å². The summed E-state index contributed by atoms with van der Waals surface area (Å²) in [5, 5.41) is 2.85. The second kappa shape index (κ2) is 6.98. The number of nitrogens with one attached hydrogen (secondary N) is 1. The summed E-state index contributed by atoms with van der Waals surface area (Å²) in [6.45, 7) is 1.51. The lowest BCUT2D eigenvalue weighted by Gasteiger charge is -2.32. The number of hydrogen-bond donors (Lipinski definition) is 1. The second-order valence-electron chi connectivity index (χ2n) is 5.94. The highest BCUT2D eigenvalue weighted by Gasteiger charge is 2.42. The Morgan fingerprint density at radius 3 is 2.70 bits per heavy atom. The van der Waals surface area contributed by atoms with Crippen LogP contribution in [-0.4, -0.2) is 51.0 Å². The van der Waals surface area contributed by atoms with Crippen molar-refractivity contribution in [3.05, 3.63) is 30.3 Å². The third-order valence-corrected chi connectivity index (χ3v) is 6.48. The van der Waals surface area contributed by atoms with Gasteiger partial charge >= 0.3 is 0 Å². The Balaban J connectivity index is 1.94. The van der Waals surface area contributed by atoms with Gasteiger partial charge in [-0.05, 0) is 25.0 Å². The van der Waals surface area contributed by atoms with E-state index < -0.39 is 10.0 Å². The van der Waals surface area contributed by atoms with Crippen LogP contribution in [0.4, 0.5) is 0 Å². The Morgan fingerprint density at radius 2 is 1.91 bits per heavy atom. The molecule has 0 unspecified atom stereocenters. The van der Waals surface area contributed by atoms with Crippen LogP contribution in [0.2, 0.25) is 0 Å². The summed E-state index contributed by atoms with van der Waals surface area (Å²) in [6, 6.07) is 8.11. The summed E-state index contributed by atoms with van der Waals surface area (Å²) >= 11 is 0. The molecule has 0 bridgehead atoms. The van der Waals surface area contributed by atoms with Gasteiger partial charge in [-0.3, -0.25) is 4.79 Å². The van der Waals surface area contributed by atoms with E-state index >= 15 is 0 Å². The number of hydrogen-bond acceptors (Lipinski definition) is 4. The molecule has 23 heavy (non-hydrogen) atoms. The molecule has 2 aliphatic rings. The topological polar surface area (TPSA) is 75.7 Å². The van der Waals surface area contributed by atoms with E-state index in [1.807, 2.05) is 0 Å². The Morgan fingerprint density at radius 1 is 1.13 bits per heavy atom. The molecule has 1 saturated carbocycles. The normalized spacial score (nSPS) is 27.2. The van der Waals surface area contributed by atoms with Gasteiger partial charge in [0.2, 0.25) is 15.9 Å². The summed E-state index contributed by atoms with van der Waals surface area (Å²) in [7, 11) is -3.63. The highest BCUT2D eigenvalue weighted by molar-refractivity contribution is 7.89. The summed E-state index contributed by atoms with van der Waals surface area (Å²) in [4.78, 5) is 12.6. The highest BCUT2D eigenvalue weighted by Crippen LogP contribution is 2.33. The molecule has 1 heterocycles. The maximum Gasteiger partial charge on any atom is 0.243 e. The summed E-state index contributed by atoms with van der Waals surface area (Å²) in [5.41, 5.74) is 0. The average Bonchev–Trinajstić information content (AvgIpc) is 3.03. The Hall–Kier alpha value is -1.44. The van der Waals surface area contributed by atoms with Gasteiger partial charge in [0.1, 0.15) is 0 Å².